The quantitative estimate of drug-likeness (QED) is 0.669. The third-order valence-electron chi connectivity index (χ3n) is 7.84. The molecule has 1 spiro atoms. The molecule has 3 aliphatic rings. The smallest absolute Gasteiger partial charge is 0.251 e. The Kier molecular flexibility index (Phi) is 6.45. The van der Waals surface area contributed by atoms with Gasteiger partial charge in [-0.05, 0) is 54.6 Å². The number of halogens is 2. The fourth-order valence-corrected chi connectivity index (χ4v) is 6.13. The normalized spacial score (nSPS) is 26.1. The van der Waals surface area contributed by atoms with Crippen molar-refractivity contribution in [1.82, 2.24) is 15.1 Å². The second-order valence-corrected chi connectivity index (χ2v) is 10.5. The maximum absolute atomic E-state index is 12.8. The van der Waals surface area contributed by atoms with Crippen LogP contribution < -0.4 is 5.32 Å². The largest absolute Gasteiger partial charge is 0.343 e. The molecule has 3 atom stereocenters. The third kappa shape index (κ3) is 4.26. The van der Waals surface area contributed by atoms with Gasteiger partial charge in [-0.15, -0.1) is 0 Å². The fourth-order valence-electron chi connectivity index (χ4n) is 5.83. The first-order chi connectivity index (χ1) is 16.4. The van der Waals surface area contributed by atoms with E-state index < -0.39 is 0 Å². The van der Waals surface area contributed by atoms with E-state index in [1.54, 1.807) is 12.1 Å². The summed E-state index contributed by atoms with van der Waals surface area (Å²) < 4.78 is 0. The second kappa shape index (κ2) is 9.37. The molecule has 1 aliphatic carbocycles. The first kappa shape index (κ1) is 23.4. The number of likely N-dealkylation sites (tertiary alicyclic amines) is 2. The maximum atomic E-state index is 12.8. The molecule has 2 saturated heterocycles. The van der Waals surface area contributed by atoms with Gasteiger partial charge in [0.1, 0.15) is 0 Å². The average Bonchev–Trinajstić information content (AvgIpc) is 3.48. The van der Waals surface area contributed by atoms with Crippen LogP contribution in [-0.4, -0.2) is 60.4 Å². The summed E-state index contributed by atoms with van der Waals surface area (Å²) >= 11 is 11.9. The molecule has 2 heterocycles. The predicted molar refractivity (Wildman–Crippen MR) is 136 cm³/mol. The Morgan fingerprint density at radius 1 is 1.09 bits per heavy atom. The summed E-state index contributed by atoms with van der Waals surface area (Å²) in [5.74, 6) is 0.129. The van der Waals surface area contributed by atoms with Crippen molar-refractivity contribution in [2.75, 3.05) is 32.7 Å². The van der Waals surface area contributed by atoms with Crippen LogP contribution >= 0.6 is 23.2 Å². The number of piperidine rings is 1. The van der Waals surface area contributed by atoms with Crippen molar-refractivity contribution >= 4 is 41.1 Å². The van der Waals surface area contributed by atoms with Gasteiger partial charge in [0.15, 0.2) is 0 Å². The van der Waals surface area contributed by atoms with Gasteiger partial charge in [-0.3, -0.25) is 14.5 Å². The average molecular weight is 498 g/mol. The van der Waals surface area contributed by atoms with Crippen LogP contribution in [0.2, 0.25) is 10.0 Å². The molecule has 0 radical (unpaired) electrons. The molecule has 3 unspecified atom stereocenters. The highest BCUT2D eigenvalue weighted by atomic mass is 35.5. The number of carbonyl (C=O) groups is 2. The molecule has 2 amide bonds. The molecule has 0 aromatic heterocycles. The van der Waals surface area contributed by atoms with Crippen molar-refractivity contribution < 1.29 is 9.59 Å². The van der Waals surface area contributed by atoms with Crippen molar-refractivity contribution in [3.8, 4) is 0 Å². The minimum Gasteiger partial charge on any atom is -0.343 e. The summed E-state index contributed by atoms with van der Waals surface area (Å²) in [6, 6.07) is 13.8. The van der Waals surface area contributed by atoms with Crippen LogP contribution in [0.4, 0.5) is 0 Å². The number of amides is 2. The number of nitrogens with zero attached hydrogens (tertiary/aromatic N) is 2. The summed E-state index contributed by atoms with van der Waals surface area (Å²) in [4.78, 5) is 29.6. The van der Waals surface area contributed by atoms with E-state index in [2.05, 4.69) is 53.6 Å². The van der Waals surface area contributed by atoms with Crippen LogP contribution in [-0.2, 0) is 10.2 Å². The Hall–Kier alpha value is -2.34. The van der Waals surface area contributed by atoms with E-state index in [0.717, 1.165) is 32.5 Å². The Balaban J connectivity index is 1.14. The number of nitrogens with one attached hydrogen (secondary N) is 1. The number of rotatable bonds is 4. The molecule has 2 fully saturated rings. The van der Waals surface area contributed by atoms with Crippen molar-refractivity contribution in [2.24, 2.45) is 5.92 Å². The Morgan fingerprint density at radius 2 is 1.91 bits per heavy atom. The number of fused-ring (bicyclic) bond motifs is 2. The summed E-state index contributed by atoms with van der Waals surface area (Å²) in [5.41, 5.74) is 3.34. The first-order valence-electron chi connectivity index (χ1n) is 11.9. The molecule has 7 heteroatoms. The predicted octanol–water partition coefficient (Wildman–Crippen LogP) is 4.63. The Labute approximate surface area is 210 Å². The number of benzene rings is 2. The van der Waals surface area contributed by atoms with Crippen LogP contribution in [0, 0.1) is 5.92 Å². The second-order valence-electron chi connectivity index (χ2n) is 9.70. The van der Waals surface area contributed by atoms with Crippen LogP contribution in [0.3, 0.4) is 0 Å². The molecule has 5 rings (SSSR count). The molecule has 0 saturated carbocycles. The molecule has 0 bridgehead atoms. The molecular formula is C27H29Cl2N3O2. The maximum Gasteiger partial charge on any atom is 0.251 e. The van der Waals surface area contributed by atoms with E-state index in [4.69, 9.17) is 23.2 Å². The van der Waals surface area contributed by atoms with E-state index in [-0.39, 0.29) is 23.8 Å². The molecule has 34 heavy (non-hydrogen) atoms. The standard InChI is InChI=1S/C27H29Cl2N3O2/c1-18-16-31(13-11-27(18)10-8-19-4-2-3-5-22(19)27)21-9-12-32(17-21)25(33)15-30-26(34)20-6-7-23(28)24(29)14-20/h2-8,10,14,18,21H,9,11-13,15-17H2,1H3,(H,30,34). The van der Waals surface area contributed by atoms with Crippen molar-refractivity contribution in [3.05, 3.63) is 75.3 Å². The van der Waals surface area contributed by atoms with Gasteiger partial charge < -0.3 is 10.2 Å². The molecular weight excluding hydrogens is 469 g/mol. The van der Waals surface area contributed by atoms with Gasteiger partial charge in [0, 0.05) is 36.7 Å². The fraction of sp³-hybridized carbons (Fsp3) is 0.407. The van der Waals surface area contributed by atoms with Gasteiger partial charge in [0.05, 0.1) is 16.6 Å². The van der Waals surface area contributed by atoms with Crippen molar-refractivity contribution in [3.63, 3.8) is 0 Å². The van der Waals surface area contributed by atoms with E-state index in [0.29, 0.717) is 34.1 Å². The van der Waals surface area contributed by atoms with Gasteiger partial charge in [0.25, 0.3) is 5.91 Å². The van der Waals surface area contributed by atoms with E-state index in [9.17, 15) is 9.59 Å². The molecule has 2 aromatic carbocycles. The third-order valence-corrected chi connectivity index (χ3v) is 8.58. The zero-order valence-corrected chi connectivity index (χ0v) is 20.8. The number of hydrogen-bond donors (Lipinski definition) is 1. The number of carbonyl (C=O) groups excluding carboxylic acids is 2. The number of hydrogen-bond acceptors (Lipinski definition) is 3. The lowest BCUT2D eigenvalue weighted by Crippen LogP contribution is -2.51. The van der Waals surface area contributed by atoms with E-state index in [1.807, 2.05) is 4.90 Å². The highest BCUT2D eigenvalue weighted by Crippen LogP contribution is 2.47. The van der Waals surface area contributed by atoms with E-state index in [1.165, 1.54) is 17.2 Å². The SMILES string of the molecule is CC1CN(C2CCN(C(=O)CNC(=O)c3ccc(Cl)c(Cl)c3)C2)CCC12C=Cc1ccccc12. The summed E-state index contributed by atoms with van der Waals surface area (Å²) in [6.07, 6.45) is 6.77. The van der Waals surface area contributed by atoms with Crippen molar-refractivity contribution in [2.45, 2.75) is 31.2 Å². The number of allylic oxidation sites excluding steroid dienone is 1. The van der Waals surface area contributed by atoms with Gasteiger partial charge >= 0.3 is 0 Å². The van der Waals surface area contributed by atoms with Gasteiger partial charge in [-0.2, -0.15) is 0 Å². The van der Waals surface area contributed by atoms with Gasteiger partial charge in [0.2, 0.25) is 5.91 Å². The van der Waals surface area contributed by atoms with Gasteiger partial charge in [-0.25, -0.2) is 0 Å². The molecule has 2 aliphatic heterocycles. The lowest BCUT2D eigenvalue weighted by atomic mass is 9.68. The molecule has 178 valence electrons. The first-order valence-corrected chi connectivity index (χ1v) is 12.7. The highest BCUT2D eigenvalue weighted by Gasteiger charge is 2.45. The van der Waals surface area contributed by atoms with Crippen LogP contribution in [0.15, 0.2) is 48.5 Å². The Bertz CT molecular complexity index is 1150. The summed E-state index contributed by atoms with van der Waals surface area (Å²) in [6.45, 7) is 5.84. The van der Waals surface area contributed by atoms with Crippen LogP contribution in [0.5, 0.6) is 0 Å². The summed E-state index contributed by atoms with van der Waals surface area (Å²) in [7, 11) is 0. The zero-order chi connectivity index (χ0) is 23.9. The lowest BCUT2D eigenvalue weighted by Gasteiger charge is -2.46. The molecule has 2 aromatic rings. The Morgan fingerprint density at radius 3 is 2.71 bits per heavy atom. The van der Waals surface area contributed by atoms with E-state index >= 15 is 0 Å². The van der Waals surface area contributed by atoms with Crippen LogP contribution in [0.1, 0.15) is 41.3 Å². The lowest BCUT2D eigenvalue weighted by molar-refractivity contribution is -0.129. The molecule has 1 N–H and O–H groups in total. The van der Waals surface area contributed by atoms with Crippen LogP contribution in [0.25, 0.3) is 6.08 Å². The van der Waals surface area contributed by atoms with Crippen molar-refractivity contribution in [1.29, 1.82) is 0 Å². The minimum atomic E-state index is -0.331. The molecule has 5 nitrogen and oxygen atoms in total. The highest BCUT2D eigenvalue weighted by molar-refractivity contribution is 6.42. The summed E-state index contributed by atoms with van der Waals surface area (Å²) in [5, 5.41) is 3.42. The monoisotopic (exact) mass is 497 g/mol. The zero-order valence-electron chi connectivity index (χ0n) is 19.3. The minimum absolute atomic E-state index is 0.0209. The van der Waals surface area contributed by atoms with Gasteiger partial charge in [-0.1, -0.05) is 66.5 Å². The topological polar surface area (TPSA) is 52.6 Å².